The first-order valence-corrected chi connectivity index (χ1v) is 6.81. The highest BCUT2D eigenvalue weighted by molar-refractivity contribution is 5.67. The Bertz CT molecular complexity index is 564. The lowest BCUT2D eigenvalue weighted by Gasteiger charge is -2.27. The topological polar surface area (TPSA) is 50.3 Å². The van der Waals surface area contributed by atoms with Crippen molar-refractivity contribution in [2.45, 2.75) is 0 Å². The average Bonchev–Trinajstić information content (AvgIpc) is 2.56. The van der Waals surface area contributed by atoms with Gasteiger partial charge in [0.15, 0.2) is 5.82 Å². The summed E-state index contributed by atoms with van der Waals surface area (Å²) < 4.78 is 5.36. The Labute approximate surface area is 118 Å². The van der Waals surface area contributed by atoms with Crippen LogP contribution in [0.15, 0.2) is 36.4 Å². The lowest BCUT2D eigenvalue weighted by molar-refractivity contribution is 0.416. The number of methoxy groups -OCH3 is 1. The molecule has 3 rings (SSSR count). The Morgan fingerprint density at radius 1 is 1.05 bits per heavy atom. The van der Waals surface area contributed by atoms with Gasteiger partial charge < -0.3 is 15.0 Å². The molecule has 1 aliphatic heterocycles. The van der Waals surface area contributed by atoms with Crippen LogP contribution in [0.25, 0.3) is 11.3 Å². The van der Waals surface area contributed by atoms with E-state index in [1.807, 2.05) is 36.4 Å². The average molecular weight is 270 g/mol. The molecular formula is C15H18N4O. The lowest BCUT2D eigenvalue weighted by Crippen LogP contribution is -2.43. The fourth-order valence-corrected chi connectivity index (χ4v) is 2.39. The first-order chi connectivity index (χ1) is 9.88. The van der Waals surface area contributed by atoms with E-state index < -0.39 is 0 Å². The summed E-state index contributed by atoms with van der Waals surface area (Å²) in [6, 6.07) is 11.9. The number of nitrogens with zero attached hydrogens (tertiary/aromatic N) is 3. The number of benzene rings is 1. The molecule has 0 amide bonds. The molecule has 5 heteroatoms. The van der Waals surface area contributed by atoms with Gasteiger partial charge >= 0.3 is 0 Å². The van der Waals surface area contributed by atoms with Gasteiger partial charge in [-0.3, -0.25) is 0 Å². The molecule has 1 N–H and O–H groups in total. The van der Waals surface area contributed by atoms with E-state index in [0.29, 0.717) is 0 Å². The number of piperazine rings is 1. The van der Waals surface area contributed by atoms with E-state index in [0.717, 1.165) is 49.0 Å². The molecule has 0 spiro atoms. The van der Waals surface area contributed by atoms with E-state index in [-0.39, 0.29) is 0 Å². The van der Waals surface area contributed by atoms with Crippen molar-refractivity contribution in [1.82, 2.24) is 15.5 Å². The summed E-state index contributed by atoms with van der Waals surface area (Å²) in [4.78, 5) is 2.25. The van der Waals surface area contributed by atoms with Crippen molar-refractivity contribution in [3.05, 3.63) is 36.4 Å². The molecule has 0 aliphatic carbocycles. The van der Waals surface area contributed by atoms with Crippen LogP contribution in [-0.2, 0) is 0 Å². The molecule has 1 aromatic heterocycles. The first kappa shape index (κ1) is 12.9. The SMILES string of the molecule is COc1ccccc1-c1ccc(N2CCNCC2)nn1. The second kappa shape index (κ2) is 5.88. The van der Waals surface area contributed by atoms with E-state index in [1.54, 1.807) is 7.11 Å². The van der Waals surface area contributed by atoms with Gasteiger partial charge in [0.2, 0.25) is 0 Å². The monoisotopic (exact) mass is 270 g/mol. The Morgan fingerprint density at radius 3 is 2.55 bits per heavy atom. The van der Waals surface area contributed by atoms with Gasteiger partial charge in [-0.05, 0) is 24.3 Å². The van der Waals surface area contributed by atoms with Crippen LogP contribution in [0, 0.1) is 0 Å². The molecule has 0 bridgehead atoms. The molecule has 0 unspecified atom stereocenters. The molecule has 0 saturated carbocycles. The number of aromatic nitrogens is 2. The van der Waals surface area contributed by atoms with Crippen molar-refractivity contribution in [3.63, 3.8) is 0 Å². The normalized spacial score (nSPS) is 15.2. The second-order valence-electron chi connectivity index (χ2n) is 4.71. The lowest BCUT2D eigenvalue weighted by atomic mass is 10.1. The quantitative estimate of drug-likeness (QED) is 0.917. The third kappa shape index (κ3) is 2.58. The van der Waals surface area contributed by atoms with Gasteiger partial charge in [-0.15, -0.1) is 10.2 Å². The van der Waals surface area contributed by atoms with Crippen molar-refractivity contribution in [2.24, 2.45) is 0 Å². The fraction of sp³-hybridized carbons (Fsp3) is 0.333. The third-order valence-corrected chi connectivity index (χ3v) is 3.47. The molecule has 2 aromatic rings. The molecule has 0 atom stereocenters. The smallest absolute Gasteiger partial charge is 0.151 e. The molecule has 1 aromatic carbocycles. The number of rotatable bonds is 3. The van der Waals surface area contributed by atoms with Crippen LogP contribution in [0.3, 0.4) is 0 Å². The Kier molecular flexibility index (Phi) is 3.78. The zero-order valence-electron chi connectivity index (χ0n) is 11.5. The highest BCUT2D eigenvalue weighted by atomic mass is 16.5. The fourth-order valence-electron chi connectivity index (χ4n) is 2.39. The van der Waals surface area contributed by atoms with E-state index in [1.165, 1.54) is 0 Å². The Morgan fingerprint density at radius 2 is 1.85 bits per heavy atom. The van der Waals surface area contributed by atoms with Gasteiger partial charge in [0, 0.05) is 31.7 Å². The van der Waals surface area contributed by atoms with Crippen LogP contribution in [0.5, 0.6) is 5.75 Å². The molecule has 5 nitrogen and oxygen atoms in total. The van der Waals surface area contributed by atoms with Crippen LogP contribution in [0.4, 0.5) is 5.82 Å². The van der Waals surface area contributed by atoms with Gasteiger partial charge in [0.25, 0.3) is 0 Å². The zero-order valence-corrected chi connectivity index (χ0v) is 11.5. The molecule has 0 radical (unpaired) electrons. The minimum absolute atomic E-state index is 0.816. The number of nitrogens with one attached hydrogen (secondary N) is 1. The largest absolute Gasteiger partial charge is 0.496 e. The summed E-state index contributed by atoms with van der Waals surface area (Å²) in [6.07, 6.45) is 0. The van der Waals surface area contributed by atoms with Gasteiger partial charge in [-0.25, -0.2) is 0 Å². The van der Waals surface area contributed by atoms with Gasteiger partial charge in [0.1, 0.15) is 5.75 Å². The summed E-state index contributed by atoms with van der Waals surface area (Å²) in [5.41, 5.74) is 1.80. The maximum Gasteiger partial charge on any atom is 0.151 e. The predicted octanol–water partition coefficient (Wildman–Crippen LogP) is 1.56. The standard InChI is InChI=1S/C15H18N4O/c1-20-14-5-3-2-4-12(14)13-6-7-15(18-17-13)19-10-8-16-9-11-19/h2-7,16H,8-11H2,1H3. The molecule has 1 aliphatic rings. The number of hydrogen-bond acceptors (Lipinski definition) is 5. The Hall–Kier alpha value is -2.14. The summed E-state index contributed by atoms with van der Waals surface area (Å²) in [6.45, 7) is 3.94. The van der Waals surface area contributed by atoms with Gasteiger partial charge in [-0.1, -0.05) is 12.1 Å². The molecule has 104 valence electrons. The van der Waals surface area contributed by atoms with Crippen LogP contribution >= 0.6 is 0 Å². The summed E-state index contributed by atoms with van der Waals surface area (Å²) >= 11 is 0. The minimum atomic E-state index is 0.816. The third-order valence-electron chi connectivity index (χ3n) is 3.47. The van der Waals surface area contributed by atoms with Crippen molar-refractivity contribution in [1.29, 1.82) is 0 Å². The summed E-state index contributed by atoms with van der Waals surface area (Å²) in [5, 5.41) is 12.0. The molecule has 2 heterocycles. The molecule has 1 saturated heterocycles. The molecule has 20 heavy (non-hydrogen) atoms. The van der Waals surface area contributed by atoms with Crippen LogP contribution in [0.2, 0.25) is 0 Å². The molecule has 1 fully saturated rings. The van der Waals surface area contributed by atoms with E-state index >= 15 is 0 Å². The number of ether oxygens (including phenoxy) is 1. The van der Waals surface area contributed by atoms with E-state index in [4.69, 9.17) is 4.74 Å². The highest BCUT2D eigenvalue weighted by Crippen LogP contribution is 2.28. The summed E-state index contributed by atoms with van der Waals surface area (Å²) in [7, 11) is 1.67. The number of anilines is 1. The number of hydrogen-bond donors (Lipinski definition) is 1. The Balaban J connectivity index is 1.85. The van der Waals surface area contributed by atoms with Crippen LogP contribution in [0.1, 0.15) is 0 Å². The van der Waals surface area contributed by atoms with E-state index in [2.05, 4.69) is 20.4 Å². The number of para-hydroxylation sites is 1. The van der Waals surface area contributed by atoms with Gasteiger partial charge in [-0.2, -0.15) is 0 Å². The predicted molar refractivity (Wildman–Crippen MR) is 79.1 cm³/mol. The zero-order chi connectivity index (χ0) is 13.8. The second-order valence-corrected chi connectivity index (χ2v) is 4.71. The van der Waals surface area contributed by atoms with E-state index in [9.17, 15) is 0 Å². The van der Waals surface area contributed by atoms with Crippen molar-refractivity contribution in [3.8, 4) is 17.0 Å². The maximum absolute atomic E-state index is 5.36. The molecular weight excluding hydrogens is 252 g/mol. The van der Waals surface area contributed by atoms with Crippen LogP contribution < -0.4 is 15.0 Å². The minimum Gasteiger partial charge on any atom is -0.496 e. The highest BCUT2D eigenvalue weighted by Gasteiger charge is 2.13. The maximum atomic E-state index is 5.36. The first-order valence-electron chi connectivity index (χ1n) is 6.81. The van der Waals surface area contributed by atoms with Gasteiger partial charge in [0.05, 0.1) is 12.8 Å². The van der Waals surface area contributed by atoms with Crippen molar-refractivity contribution in [2.75, 3.05) is 38.2 Å². The van der Waals surface area contributed by atoms with Crippen molar-refractivity contribution < 1.29 is 4.74 Å². The van der Waals surface area contributed by atoms with Crippen LogP contribution in [-0.4, -0.2) is 43.5 Å². The van der Waals surface area contributed by atoms with Crippen molar-refractivity contribution >= 4 is 5.82 Å². The summed E-state index contributed by atoms with van der Waals surface area (Å²) in [5.74, 6) is 1.75.